The molecule has 0 spiro atoms. The van der Waals surface area contributed by atoms with Crippen LogP contribution in [0.25, 0.3) is 22.4 Å². The summed E-state index contributed by atoms with van der Waals surface area (Å²) in [5.74, 6) is 1.65. The minimum Gasteiger partial charge on any atom is -0.354 e. The highest BCUT2D eigenvalue weighted by Gasteiger charge is 2.25. The zero-order valence-corrected chi connectivity index (χ0v) is 16.0. The predicted octanol–water partition coefficient (Wildman–Crippen LogP) is 2.80. The van der Waals surface area contributed by atoms with E-state index in [1.165, 1.54) is 0 Å². The molecule has 4 rings (SSSR count). The molecule has 2 aromatic heterocycles. The lowest BCUT2D eigenvalue weighted by atomic mass is 10.2. The predicted molar refractivity (Wildman–Crippen MR) is 107 cm³/mol. The van der Waals surface area contributed by atoms with Crippen LogP contribution in [0.1, 0.15) is 6.42 Å². The Bertz CT molecular complexity index is 1000. The second kappa shape index (κ2) is 7.08. The van der Waals surface area contributed by atoms with Gasteiger partial charge >= 0.3 is 6.03 Å². The van der Waals surface area contributed by atoms with Gasteiger partial charge in [0.05, 0.1) is 16.1 Å². The maximum Gasteiger partial charge on any atom is 0.314 e. The smallest absolute Gasteiger partial charge is 0.314 e. The highest BCUT2D eigenvalue weighted by atomic mass is 35.5. The SMILES string of the molecule is CNC(=O)NC1CCN(c2cc(-c3nc4ccccc4n3C)c(Cl)cn2)C1. The number of halogens is 1. The number of hydrogen-bond donors (Lipinski definition) is 2. The molecular formula is C19H21ClN6O. The van der Waals surface area contributed by atoms with Crippen molar-refractivity contribution in [3.63, 3.8) is 0 Å². The average Bonchev–Trinajstić information content (AvgIpc) is 3.27. The van der Waals surface area contributed by atoms with E-state index in [1.54, 1.807) is 13.2 Å². The third-order valence-corrected chi connectivity index (χ3v) is 5.24. The molecule has 7 nitrogen and oxygen atoms in total. The van der Waals surface area contributed by atoms with Gasteiger partial charge in [-0.15, -0.1) is 0 Å². The summed E-state index contributed by atoms with van der Waals surface area (Å²) < 4.78 is 2.04. The highest BCUT2D eigenvalue weighted by molar-refractivity contribution is 6.33. The third-order valence-electron chi connectivity index (χ3n) is 4.94. The van der Waals surface area contributed by atoms with Crippen molar-refractivity contribution < 1.29 is 4.79 Å². The fourth-order valence-corrected chi connectivity index (χ4v) is 3.69. The zero-order valence-electron chi connectivity index (χ0n) is 15.2. The molecule has 0 aliphatic carbocycles. The minimum atomic E-state index is -0.161. The molecular weight excluding hydrogens is 364 g/mol. The molecule has 1 aliphatic heterocycles. The molecule has 1 saturated heterocycles. The third kappa shape index (κ3) is 3.30. The first kappa shape index (κ1) is 17.6. The number of aromatic nitrogens is 3. The number of amides is 2. The number of aryl methyl sites for hydroxylation is 1. The van der Waals surface area contributed by atoms with Crippen LogP contribution in [-0.4, -0.2) is 46.7 Å². The van der Waals surface area contributed by atoms with Gasteiger partial charge in [-0.1, -0.05) is 23.7 Å². The Morgan fingerprint density at radius 1 is 1.33 bits per heavy atom. The van der Waals surface area contributed by atoms with Crippen LogP contribution in [0.2, 0.25) is 5.02 Å². The summed E-state index contributed by atoms with van der Waals surface area (Å²) in [6, 6.07) is 9.92. The van der Waals surface area contributed by atoms with Crippen LogP contribution >= 0.6 is 11.6 Å². The molecule has 0 bridgehead atoms. The molecule has 0 radical (unpaired) electrons. The number of para-hydroxylation sites is 2. The number of nitrogens with one attached hydrogen (secondary N) is 2. The molecule has 1 aliphatic rings. The van der Waals surface area contributed by atoms with Gasteiger partial charge < -0.3 is 20.1 Å². The van der Waals surface area contributed by atoms with Crippen molar-refractivity contribution in [3.8, 4) is 11.4 Å². The summed E-state index contributed by atoms with van der Waals surface area (Å²) in [7, 11) is 3.60. The minimum absolute atomic E-state index is 0.0987. The lowest BCUT2D eigenvalue weighted by Gasteiger charge is -2.19. The van der Waals surface area contributed by atoms with Crippen molar-refractivity contribution in [1.82, 2.24) is 25.2 Å². The number of benzene rings is 1. The quantitative estimate of drug-likeness (QED) is 0.728. The second-order valence-corrected chi connectivity index (χ2v) is 7.07. The molecule has 1 aromatic carbocycles. The first-order valence-corrected chi connectivity index (χ1v) is 9.25. The van der Waals surface area contributed by atoms with Gasteiger partial charge in [-0.25, -0.2) is 14.8 Å². The molecule has 8 heteroatoms. The highest BCUT2D eigenvalue weighted by Crippen LogP contribution is 2.32. The Labute approximate surface area is 162 Å². The Balaban J connectivity index is 1.64. The second-order valence-electron chi connectivity index (χ2n) is 6.66. The van der Waals surface area contributed by atoms with E-state index in [0.717, 1.165) is 41.2 Å². The van der Waals surface area contributed by atoms with Crippen molar-refractivity contribution in [2.24, 2.45) is 7.05 Å². The van der Waals surface area contributed by atoms with E-state index >= 15 is 0 Å². The van der Waals surface area contributed by atoms with E-state index < -0.39 is 0 Å². The number of carbonyl (C=O) groups excluding carboxylic acids is 1. The van der Waals surface area contributed by atoms with E-state index in [1.807, 2.05) is 41.9 Å². The number of nitrogens with zero attached hydrogens (tertiary/aromatic N) is 4. The summed E-state index contributed by atoms with van der Waals surface area (Å²) in [5, 5.41) is 6.11. The van der Waals surface area contributed by atoms with Crippen molar-refractivity contribution in [1.29, 1.82) is 0 Å². The number of imidazole rings is 1. The van der Waals surface area contributed by atoms with Crippen LogP contribution in [0.5, 0.6) is 0 Å². The summed E-state index contributed by atoms with van der Waals surface area (Å²) >= 11 is 6.45. The standard InChI is InChI=1S/C19H21ClN6O/c1-21-19(27)23-12-7-8-26(11-12)17-9-13(14(20)10-22-17)18-24-15-5-3-4-6-16(15)25(18)2/h3-6,9-10,12H,7-8,11H2,1-2H3,(H2,21,23,27). The van der Waals surface area contributed by atoms with E-state index in [4.69, 9.17) is 16.6 Å². The van der Waals surface area contributed by atoms with E-state index in [9.17, 15) is 4.79 Å². The largest absolute Gasteiger partial charge is 0.354 e. The summed E-state index contributed by atoms with van der Waals surface area (Å²) in [6.07, 6.45) is 2.55. The molecule has 2 amide bonds. The van der Waals surface area contributed by atoms with Gasteiger partial charge in [-0.3, -0.25) is 0 Å². The Morgan fingerprint density at radius 2 is 2.15 bits per heavy atom. The maximum atomic E-state index is 11.5. The number of rotatable bonds is 3. The number of urea groups is 1. The Kier molecular flexibility index (Phi) is 4.61. The van der Waals surface area contributed by atoms with Crippen molar-refractivity contribution in [2.75, 3.05) is 25.0 Å². The Morgan fingerprint density at radius 3 is 2.93 bits per heavy atom. The van der Waals surface area contributed by atoms with Crippen LogP contribution in [0, 0.1) is 0 Å². The first-order valence-electron chi connectivity index (χ1n) is 8.87. The van der Waals surface area contributed by atoms with Gasteiger partial charge in [0.1, 0.15) is 11.6 Å². The van der Waals surface area contributed by atoms with E-state index in [2.05, 4.69) is 20.5 Å². The van der Waals surface area contributed by atoms with Gasteiger partial charge in [-0.2, -0.15) is 0 Å². The van der Waals surface area contributed by atoms with Crippen molar-refractivity contribution in [2.45, 2.75) is 12.5 Å². The molecule has 0 saturated carbocycles. The molecule has 1 unspecified atom stereocenters. The fraction of sp³-hybridized carbons (Fsp3) is 0.316. The van der Waals surface area contributed by atoms with Gasteiger partial charge in [0, 0.05) is 45.0 Å². The monoisotopic (exact) mass is 384 g/mol. The van der Waals surface area contributed by atoms with Crippen LogP contribution in [0.4, 0.5) is 10.6 Å². The van der Waals surface area contributed by atoms with Crippen LogP contribution in [0.3, 0.4) is 0 Å². The molecule has 2 N–H and O–H groups in total. The molecule has 140 valence electrons. The van der Waals surface area contributed by atoms with Crippen molar-refractivity contribution in [3.05, 3.63) is 41.6 Å². The lowest BCUT2D eigenvalue weighted by Crippen LogP contribution is -2.42. The summed E-state index contributed by atoms with van der Waals surface area (Å²) in [4.78, 5) is 22.9. The van der Waals surface area contributed by atoms with Gasteiger partial charge in [0.15, 0.2) is 0 Å². The summed E-state index contributed by atoms with van der Waals surface area (Å²) in [6.45, 7) is 1.54. The number of anilines is 1. The molecule has 1 atom stereocenters. The number of carbonyl (C=O) groups is 1. The lowest BCUT2D eigenvalue weighted by molar-refractivity contribution is 0.240. The van der Waals surface area contributed by atoms with E-state index in [-0.39, 0.29) is 12.1 Å². The normalized spacial score (nSPS) is 16.7. The van der Waals surface area contributed by atoms with Crippen molar-refractivity contribution >= 4 is 34.5 Å². The van der Waals surface area contributed by atoms with Crippen LogP contribution < -0.4 is 15.5 Å². The van der Waals surface area contributed by atoms with Gasteiger partial charge in [0.2, 0.25) is 0 Å². The van der Waals surface area contributed by atoms with E-state index in [0.29, 0.717) is 11.6 Å². The number of hydrogen-bond acceptors (Lipinski definition) is 4. The van der Waals surface area contributed by atoms with Gasteiger partial charge in [-0.05, 0) is 24.6 Å². The topological polar surface area (TPSA) is 75.1 Å². The number of fused-ring (bicyclic) bond motifs is 1. The Hall–Kier alpha value is -2.80. The van der Waals surface area contributed by atoms with Gasteiger partial charge in [0.25, 0.3) is 0 Å². The molecule has 1 fully saturated rings. The van der Waals surface area contributed by atoms with Crippen LogP contribution in [0.15, 0.2) is 36.5 Å². The molecule has 3 heterocycles. The average molecular weight is 385 g/mol. The molecule has 3 aromatic rings. The fourth-order valence-electron chi connectivity index (χ4n) is 3.50. The molecule has 27 heavy (non-hydrogen) atoms. The first-order chi connectivity index (χ1) is 13.1. The maximum absolute atomic E-state index is 11.5. The summed E-state index contributed by atoms with van der Waals surface area (Å²) in [5.41, 5.74) is 2.83. The zero-order chi connectivity index (χ0) is 19.0. The van der Waals surface area contributed by atoms with Crippen LogP contribution in [-0.2, 0) is 7.05 Å². The number of pyridine rings is 1.